The quantitative estimate of drug-likeness (QED) is 0.583. The molecule has 2 fully saturated rings. The van der Waals surface area contributed by atoms with Crippen LogP contribution in [0.2, 0.25) is 0 Å². The van der Waals surface area contributed by atoms with Crippen LogP contribution in [0, 0.1) is 12.7 Å². The van der Waals surface area contributed by atoms with Crippen molar-refractivity contribution in [3.63, 3.8) is 0 Å². The lowest BCUT2D eigenvalue weighted by molar-refractivity contribution is 0.1000. The molecule has 2 atom stereocenters. The van der Waals surface area contributed by atoms with Crippen molar-refractivity contribution < 1.29 is 9.18 Å². The third kappa shape index (κ3) is 4.69. The molecule has 0 bridgehead atoms. The standard InChI is InChI=1S/C27H32FN7O/c1-17-13-21(25(29)36)15-30-26(17)33-11-12-34(19(3)16-33)24-14-23(20-6-8-22(28)9-7-20)31-27(32-24)35-10-4-5-18(35)2/h6-9,13-15,18-19H,4-5,10-12,16H2,1-3H3,(H2,29,36)/t18?,19-/m1/s1. The van der Waals surface area contributed by atoms with Gasteiger partial charge in [-0.05, 0) is 69.5 Å². The molecule has 2 aromatic heterocycles. The third-order valence-corrected chi connectivity index (χ3v) is 7.21. The number of nitrogens with two attached hydrogens (primary N) is 1. The Balaban J connectivity index is 1.44. The second-order valence-electron chi connectivity index (χ2n) is 9.82. The molecule has 1 amide bonds. The summed E-state index contributed by atoms with van der Waals surface area (Å²) >= 11 is 0. The molecule has 0 radical (unpaired) electrons. The highest BCUT2D eigenvalue weighted by Crippen LogP contribution is 2.31. The number of piperazine rings is 1. The van der Waals surface area contributed by atoms with Crippen LogP contribution in [0.25, 0.3) is 11.3 Å². The first kappa shape index (κ1) is 24.0. The molecular formula is C27H32FN7O. The zero-order valence-electron chi connectivity index (χ0n) is 21.0. The zero-order valence-corrected chi connectivity index (χ0v) is 21.0. The largest absolute Gasteiger partial charge is 0.366 e. The number of nitrogens with zero attached hydrogens (tertiary/aromatic N) is 6. The fourth-order valence-corrected chi connectivity index (χ4v) is 5.22. The summed E-state index contributed by atoms with van der Waals surface area (Å²) < 4.78 is 13.6. The number of pyridine rings is 1. The Hall–Kier alpha value is -3.75. The number of rotatable bonds is 5. The Morgan fingerprint density at radius 2 is 1.81 bits per heavy atom. The van der Waals surface area contributed by atoms with Crippen LogP contribution in [0.15, 0.2) is 42.6 Å². The van der Waals surface area contributed by atoms with Crippen molar-refractivity contribution in [2.24, 2.45) is 5.73 Å². The molecular weight excluding hydrogens is 457 g/mol. The smallest absolute Gasteiger partial charge is 0.250 e. The van der Waals surface area contributed by atoms with E-state index in [9.17, 15) is 9.18 Å². The fourth-order valence-electron chi connectivity index (χ4n) is 5.22. The van der Waals surface area contributed by atoms with Crippen molar-refractivity contribution in [1.82, 2.24) is 15.0 Å². The molecule has 0 saturated carbocycles. The van der Waals surface area contributed by atoms with Crippen LogP contribution in [-0.2, 0) is 0 Å². The van der Waals surface area contributed by atoms with Crippen molar-refractivity contribution in [2.75, 3.05) is 40.9 Å². The predicted octanol–water partition coefficient (Wildman–Crippen LogP) is 3.79. The molecule has 1 aromatic carbocycles. The third-order valence-electron chi connectivity index (χ3n) is 7.21. The van der Waals surface area contributed by atoms with Gasteiger partial charge in [-0.3, -0.25) is 4.79 Å². The van der Waals surface area contributed by atoms with Crippen LogP contribution in [0.5, 0.6) is 0 Å². The first-order valence-corrected chi connectivity index (χ1v) is 12.5. The molecule has 1 unspecified atom stereocenters. The number of hydrogen-bond acceptors (Lipinski definition) is 7. The highest BCUT2D eigenvalue weighted by atomic mass is 19.1. The van der Waals surface area contributed by atoms with Gasteiger partial charge in [0.05, 0.1) is 11.3 Å². The summed E-state index contributed by atoms with van der Waals surface area (Å²) in [5.41, 5.74) is 8.42. The summed E-state index contributed by atoms with van der Waals surface area (Å²) in [5.74, 6) is 1.73. The van der Waals surface area contributed by atoms with E-state index in [1.54, 1.807) is 24.4 Å². The number of primary amides is 1. The number of carbonyl (C=O) groups is 1. The second kappa shape index (κ2) is 9.72. The van der Waals surface area contributed by atoms with Gasteiger partial charge < -0.3 is 20.4 Å². The number of benzene rings is 1. The van der Waals surface area contributed by atoms with Crippen molar-refractivity contribution in [3.05, 3.63) is 59.5 Å². The van der Waals surface area contributed by atoms with Gasteiger partial charge in [0.2, 0.25) is 11.9 Å². The van der Waals surface area contributed by atoms with Gasteiger partial charge in [-0.1, -0.05) is 0 Å². The number of amides is 1. The minimum absolute atomic E-state index is 0.163. The van der Waals surface area contributed by atoms with E-state index in [4.69, 9.17) is 15.7 Å². The van der Waals surface area contributed by atoms with Crippen LogP contribution in [0.1, 0.15) is 42.6 Å². The minimum atomic E-state index is -0.473. The molecule has 2 saturated heterocycles. The Morgan fingerprint density at radius 3 is 2.44 bits per heavy atom. The molecule has 3 aromatic rings. The van der Waals surface area contributed by atoms with Crippen LogP contribution < -0.4 is 20.4 Å². The summed E-state index contributed by atoms with van der Waals surface area (Å²) in [6.45, 7) is 9.55. The van der Waals surface area contributed by atoms with E-state index in [1.165, 1.54) is 12.1 Å². The Labute approximate surface area is 211 Å². The van der Waals surface area contributed by atoms with Crippen LogP contribution >= 0.6 is 0 Å². The summed E-state index contributed by atoms with van der Waals surface area (Å²) in [5, 5.41) is 0. The first-order chi connectivity index (χ1) is 17.3. The van der Waals surface area contributed by atoms with E-state index in [0.29, 0.717) is 11.6 Å². The van der Waals surface area contributed by atoms with Crippen LogP contribution in [-0.4, -0.2) is 59.1 Å². The molecule has 4 heterocycles. The van der Waals surface area contributed by atoms with Crippen molar-refractivity contribution >= 4 is 23.5 Å². The Bertz CT molecular complexity index is 1270. The Kier molecular flexibility index (Phi) is 6.47. The summed E-state index contributed by atoms with van der Waals surface area (Å²) in [7, 11) is 0. The number of aromatic nitrogens is 3. The molecule has 2 aliphatic rings. The van der Waals surface area contributed by atoms with Crippen LogP contribution in [0.3, 0.4) is 0 Å². The van der Waals surface area contributed by atoms with Gasteiger partial charge in [-0.15, -0.1) is 0 Å². The molecule has 188 valence electrons. The summed E-state index contributed by atoms with van der Waals surface area (Å²) in [4.78, 5) is 32.8. The molecule has 2 aliphatic heterocycles. The lowest BCUT2D eigenvalue weighted by Gasteiger charge is -2.41. The predicted molar refractivity (Wildman–Crippen MR) is 140 cm³/mol. The molecule has 0 spiro atoms. The second-order valence-corrected chi connectivity index (χ2v) is 9.82. The van der Waals surface area contributed by atoms with Gasteiger partial charge in [0.25, 0.3) is 0 Å². The lowest BCUT2D eigenvalue weighted by atomic mass is 10.1. The first-order valence-electron chi connectivity index (χ1n) is 12.5. The average Bonchev–Trinajstić information content (AvgIpc) is 3.30. The molecule has 8 nitrogen and oxygen atoms in total. The van der Waals surface area contributed by atoms with E-state index < -0.39 is 5.91 Å². The van der Waals surface area contributed by atoms with E-state index in [-0.39, 0.29) is 11.9 Å². The van der Waals surface area contributed by atoms with Gasteiger partial charge in [0.1, 0.15) is 17.5 Å². The molecule has 5 rings (SSSR count). The average molecular weight is 490 g/mol. The van der Waals surface area contributed by atoms with Gasteiger partial charge in [-0.25, -0.2) is 14.4 Å². The normalized spacial score (nSPS) is 20.2. The fraction of sp³-hybridized carbons (Fsp3) is 0.407. The van der Waals surface area contributed by atoms with Crippen LogP contribution in [0.4, 0.5) is 22.0 Å². The molecule has 2 N–H and O–H groups in total. The highest BCUT2D eigenvalue weighted by Gasteiger charge is 2.29. The maximum absolute atomic E-state index is 13.6. The maximum atomic E-state index is 13.6. The molecule has 36 heavy (non-hydrogen) atoms. The zero-order chi connectivity index (χ0) is 25.4. The summed E-state index contributed by atoms with van der Waals surface area (Å²) in [6.07, 6.45) is 3.79. The molecule has 0 aliphatic carbocycles. The number of carbonyl (C=O) groups excluding carboxylic acids is 1. The maximum Gasteiger partial charge on any atom is 0.250 e. The van der Waals surface area contributed by atoms with Gasteiger partial charge in [0, 0.05) is 56.1 Å². The monoisotopic (exact) mass is 489 g/mol. The number of aryl methyl sites for hydroxylation is 1. The van der Waals surface area contributed by atoms with E-state index in [2.05, 4.69) is 33.5 Å². The van der Waals surface area contributed by atoms with Gasteiger partial charge in [-0.2, -0.15) is 4.98 Å². The lowest BCUT2D eigenvalue weighted by Crippen LogP contribution is -2.53. The Morgan fingerprint density at radius 1 is 1.03 bits per heavy atom. The van der Waals surface area contributed by atoms with Crippen molar-refractivity contribution in [3.8, 4) is 11.3 Å². The van der Waals surface area contributed by atoms with Crippen molar-refractivity contribution in [1.29, 1.82) is 0 Å². The SMILES string of the molecule is Cc1cc(C(N)=O)cnc1N1CCN(c2cc(-c3ccc(F)cc3)nc(N3CCCC3C)n2)[C@H](C)C1. The minimum Gasteiger partial charge on any atom is -0.366 e. The van der Waals surface area contributed by atoms with E-state index in [1.807, 2.05) is 13.0 Å². The van der Waals surface area contributed by atoms with Gasteiger partial charge in [0.15, 0.2) is 0 Å². The van der Waals surface area contributed by atoms with E-state index >= 15 is 0 Å². The number of halogens is 1. The topological polar surface area (TPSA) is 91.5 Å². The highest BCUT2D eigenvalue weighted by molar-refractivity contribution is 5.93. The van der Waals surface area contributed by atoms with E-state index in [0.717, 1.165) is 73.4 Å². The molecule has 9 heteroatoms. The number of hydrogen-bond donors (Lipinski definition) is 1. The number of anilines is 3. The van der Waals surface area contributed by atoms with Crippen molar-refractivity contribution in [2.45, 2.75) is 45.7 Å². The summed E-state index contributed by atoms with van der Waals surface area (Å²) in [6, 6.07) is 10.8. The van der Waals surface area contributed by atoms with Gasteiger partial charge >= 0.3 is 0 Å².